The highest BCUT2D eigenvalue weighted by atomic mass is 32.2. The molecule has 3 rings (SSSR count). The minimum Gasteiger partial charge on any atom is -0.478 e. The molecule has 158 valence electrons. The fourth-order valence-electron chi connectivity index (χ4n) is 3.21. The maximum atomic E-state index is 12.9. The molecule has 30 heavy (non-hydrogen) atoms. The van der Waals surface area contributed by atoms with Crippen molar-refractivity contribution in [3.05, 3.63) is 65.2 Å². The largest absolute Gasteiger partial charge is 0.478 e. The first-order valence-electron chi connectivity index (χ1n) is 9.50. The van der Waals surface area contributed by atoms with Crippen LogP contribution in [0.3, 0.4) is 0 Å². The van der Waals surface area contributed by atoms with E-state index in [0.29, 0.717) is 24.9 Å². The Morgan fingerprint density at radius 2 is 1.80 bits per heavy atom. The topological polar surface area (TPSA) is 116 Å². The molecule has 8 nitrogen and oxygen atoms in total. The van der Waals surface area contributed by atoms with Crippen molar-refractivity contribution in [3.8, 4) is 0 Å². The monoisotopic (exact) mass is 429 g/mol. The molecular weight excluding hydrogens is 406 g/mol. The number of carbonyl (C=O) groups excluding carboxylic acids is 1. The van der Waals surface area contributed by atoms with Crippen molar-refractivity contribution < 1.29 is 23.1 Å². The molecule has 9 heteroatoms. The highest BCUT2D eigenvalue weighted by molar-refractivity contribution is 7.89. The van der Waals surface area contributed by atoms with Gasteiger partial charge in [0.15, 0.2) is 0 Å². The lowest BCUT2D eigenvalue weighted by molar-refractivity contribution is -0.126. The zero-order chi connectivity index (χ0) is 21.7. The number of benzene rings is 2. The van der Waals surface area contributed by atoms with Gasteiger partial charge in [0, 0.05) is 13.1 Å². The highest BCUT2D eigenvalue weighted by Crippen LogP contribution is 2.24. The van der Waals surface area contributed by atoms with E-state index in [1.807, 2.05) is 6.92 Å². The Hall–Kier alpha value is -3.04. The van der Waals surface area contributed by atoms with Gasteiger partial charge in [-0.1, -0.05) is 29.8 Å². The number of rotatable bonds is 6. The van der Waals surface area contributed by atoms with Gasteiger partial charge in [-0.05, 0) is 49.6 Å². The molecule has 1 atom stereocenters. The second-order valence-corrected chi connectivity index (χ2v) is 9.11. The lowest BCUT2D eigenvalue weighted by Crippen LogP contribution is -2.44. The first kappa shape index (κ1) is 21.7. The molecule has 0 bridgehead atoms. The predicted molar refractivity (Wildman–Crippen MR) is 112 cm³/mol. The molecule has 0 saturated carbocycles. The molecule has 1 aliphatic heterocycles. The third-order valence-electron chi connectivity index (χ3n) is 4.96. The van der Waals surface area contributed by atoms with Crippen molar-refractivity contribution >= 4 is 28.1 Å². The first-order chi connectivity index (χ1) is 14.3. The van der Waals surface area contributed by atoms with Crippen molar-refractivity contribution in [1.82, 2.24) is 9.73 Å². The number of piperidine rings is 1. The first-order valence-corrected chi connectivity index (χ1v) is 10.9. The van der Waals surface area contributed by atoms with Crippen LogP contribution in [-0.4, -0.2) is 49.0 Å². The van der Waals surface area contributed by atoms with E-state index in [-0.39, 0.29) is 22.9 Å². The summed E-state index contributed by atoms with van der Waals surface area (Å²) in [6, 6.07) is 12.7. The van der Waals surface area contributed by atoms with Crippen LogP contribution in [0.2, 0.25) is 0 Å². The number of aryl methyl sites for hydroxylation is 1. The van der Waals surface area contributed by atoms with E-state index in [0.717, 1.165) is 5.56 Å². The number of carboxylic acid groups (broad SMARTS) is 1. The van der Waals surface area contributed by atoms with Gasteiger partial charge in [-0.3, -0.25) is 4.79 Å². The second-order valence-electron chi connectivity index (χ2n) is 7.18. The second kappa shape index (κ2) is 9.19. The summed E-state index contributed by atoms with van der Waals surface area (Å²) in [6.07, 6.45) is 2.57. The van der Waals surface area contributed by atoms with Gasteiger partial charge in [0.05, 0.1) is 22.6 Å². The molecule has 0 spiro atoms. The zero-order valence-corrected chi connectivity index (χ0v) is 17.3. The number of hydrogen-bond donors (Lipinski definition) is 2. The minimum absolute atomic E-state index is 0.102. The molecule has 1 heterocycles. The molecule has 1 amide bonds. The Kier molecular flexibility index (Phi) is 6.63. The van der Waals surface area contributed by atoms with Crippen LogP contribution in [0.4, 0.5) is 0 Å². The summed E-state index contributed by atoms with van der Waals surface area (Å²) < 4.78 is 27.1. The normalized spacial score (nSPS) is 17.7. The lowest BCUT2D eigenvalue weighted by atomic mass is 9.99. The SMILES string of the molecule is Cc1ccc(S(=O)(=O)N2CCC[C@@H](C(=O)N/N=C\c3ccc(C(=O)O)cc3)C2)cc1. The Bertz CT molecular complexity index is 1050. The van der Waals surface area contributed by atoms with E-state index in [1.165, 1.54) is 22.7 Å². The van der Waals surface area contributed by atoms with Gasteiger partial charge >= 0.3 is 5.97 Å². The predicted octanol–water partition coefficient (Wildman–Crippen LogP) is 2.24. The summed E-state index contributed by atoms with van der Waals surface area (Å²) in [6.45, 7) is 2.36. The maximum absolute atomic E-state index is 12.9. The summed E-state index contributed by atoms with van der Waals surface area (Å²) in [7, 11) is -3.65. The maximum Gasteiger partial charge on any atom is 0.335 e. The summed E-state index contributed by atoms with van der Waals surface area (Å²) in [5, 5.41) is 12.8. The molecule has 1 aliphatic rings. The fourth-order valence-corrected chi connectivity index (χ4v) is 4.73. The van der Waals surface area contributed by atoms with E-state index in [2.05, 4.69) is 10.5 Å². The Morgan fingerprint density at radius 1 is 1.13 bits per heavy atom. The van der Waals surface area contributed by atoms with Crippen molar-refractivity contribution in [2.45, 2.75) is 24.7 Å². The Morgan fingerprint density at radius 3 is 2.43 bits per heavy atom. The van der Waals surface area contributed by atoms with Crippen LogP contribution in [0.5, 0.6) is 0 Å². The average Bonchev–Trinajstić information content (AvgIpc) is 2.74. The van der Waals surface area contributed by atoms with Gasteiger partial charge in [-0.2, -0.15) is 9.41 Å². The molecule has 0 radical (unpaired) electrons. The molecule has 0 unspecified atom stereocenters. The van der Waals surface area contributed by atoms with Crippen LogP contribution < -0.4 is 5.43 Å². The fraction of sp³-hybridized carbons (Fsp3) is 0.286. The molecule has 0 aliphatic carbocycles. The number of amides is 1. The summed E-state index contributed by atoms with van der Waals surface area (Å²) >= 11 is 0. The van der Waals surface area contributed by atoms with Crippen LogP contribution in [0.15, 0.2) is 58.5 Å². The third kappa shape index (κ3) is 5.11. The van der Waals surface area contributed by atoms with Gasteiger partial charge in [0.25, 0.3) is 0 Å². The number of carboxylic acids is 1. The van der Waals surface area contributed by atoms with Gasteiger partial charge in [-0.15, -0.1) is 0 Å². The number of nitrogens with zero attached hydrogens (tertiary/aromatic N) is 2. The molecule has 1 saturated heterocycles. The summed E-state index contributed by atoms with van der Waals surface area (Å²) in [4.78, 5) is 23.5. The van der Waals surface area contributed by atoms with Gasteiger partial charge in [-0.25, -0.2) is 18.6 Å². The minimum atomic E-state index is -3.65. The smallest absolute Gasteiger partial charge is 0.335 e. The van der Waals surface area contributed by atoms with Crippen LogP contribution in [0.1, 0.15) is 34.3 Å². The number of hydrogen-bond acceptors (Lipinski definition) is 5. The summed E-state index contributed by atoms with van der Waals surface area (Å²) in [5.41, 5.74) is 4.22. The van der Waals surface area contributed by atoms with Gasteiger partial charge < -0.3 is 5.11 Å². The van der Waals surface area contributed by atoms with Gasteiger partial charge in [0.2, 0.25) is 15.9 Å². The van der Waals surface area contributed by atoms with E-state index in [1.54, 1.807) is 36.4 Å². The molecule has 2 aromatic rings. The third-order valence-corrected chi connectivity index (χ3v) is 6.84. The average molecular weight is 429 g/mol. The molecule has 2 aromatic carbocycles. The molecule has 2 N–H and O–H groups in total. The van der Waals surface area contributed by atoms with E-state index < -0.39 is 21.9 Å². The van der Waals surface area contributed by atoms with E-state index in [9.17, 15) is 18.0 Å². The van der Waals surface area contributed by atoms with Crippen molar-refractivity contribution in [3.63, 3.8) is 0 Å². The van der Waals surface area contributed by atoms with E-state index in [4.69, 9.17) is 5.11 Å². The quantitative estimate of drug-likeness (QED) is 0.540. The molecular formula is C21H23N3O5S. The van der Waals surface area contributed by atoms with Crippen LogP contribution >= 0.6 is 0 Å². The van der Waals surface area contributed by atoms with Crippen molar-refractivity contribution in [1.29, 1.82) is 0 Å². The molecule has 1 fully saturated rings. The van der Waals surface area contributed by atoms with Crippen LogP contribution in [0, 0.1) is 12.8 Å². The van der Waals surface area contributed by atoms with Crippen molar-refractivity contribution in [2.24, 2.45) is 11.0 Å². The van der Waals surface area contributed by atoms with Crippen molar-refractivity contribution in [2.75, 3.05) is 13.1 Å². The van der Waals surface area contributed by atoms with Crippen LogP contribution in [0.25, 0.3) is 0 Å². The number of aromatic carboxylic acids is 1. The number of hydrazone groups is 1. The number of carbonyl (C=O) groups is 2. The highest BCUT2D eigenvalue weighted by Gasteiger charge is 2.33. The number of nitrogens with one attached hydrogen (secondary N) is 1. The Balaban J connectivity index is 1.61. The lowest BCUT2D eigenvalue weighted by Gasteiger charge is -2.30. The number of sulfonamides is 1. The standard InChI is InChI=1S/C21H23N3O5S/c1-15-4-10-19(11-5-15)30(28,29)24-12-2-3-18(14-24)20(25)23-22-13-16-6-8-17(9-7-16)21(26)27/h4-11,13,18H,2-3,12,14H2,1H3,(H,23,25)(H,26,27)/b22-13-/t18-/m1/s1. The summed E-state index contributed by atoms with van der Waals surface area (Å²) in [5.74, 6) is -1.86. The molecule has 0 aromatic heterocycles. The van der Waals surface area contributed by atoms with Gasteiger partial charge in [0.1, 0.15) is 0 Å². The van der Waals surface area contributed by atoms with E-state index >= 15 is 0 Å². The van der Waals surface area contributed by atoms with Crippen LogP contribution in [-0.2, 0) is 14.8 Å². The zero-order valence-electron chi connectivity index (χ0n) is 16.5. The Labute approximate surface area is 175 Å².